The normalized spacial score (nSPS) is 12.1. The Hall–Kier alpha value is -2.62. The molecule has 3 aromatic carbocycles. The fourth-order valence-corrected chi connectivity index (χ4v) is 6.02. The van der Waals surface area contributed by atoms with E-state index in [0.29, 0.717) is 36.6 Å². The highest BCUT2D eigenvalue weighted by Crippen LogP contribution is 2.32. The first kappa shape index (κ1) is 24.5. The fraction of sp³-hybridized carbons (Fsp3) is 0.0435. The van der Waals surface area contributed by atoms with Crippen molar-refractivity contribution < 1.29 is 13.2 Å². The molecule has 0 fully saturated rings. The van der Waals surface area contributed by atoms with Crippen molar-refractivity contribution in [2.75, 3.05) is 4.72 Å². The molecule has 0 atom stereocenters. The van der Waals surface area contributed by atoms with Gasteiger partial charge >= 0.3 is 0 Å². The molecule has 0 radical (unpaired) electrons. The Balaban J connectivity index is 1.71. The van der Waals surface area contributed by atoms with Crippen molar-refractivity contribution in [3.8, 4) is 0 Å². The number of carbonyl (C=O) groups is 1. The van der Waals surface area contributed by atoms with Crippen molar-refractivity contribution in [2.45, 2.75) is 11.4 Å². The lowest BCUT2D eigenvalue weighted by atomic mass is 10.2. The third-order valence-corrected chi connectivity index (χ3v) is 8.22. The molecule has 34 heavy (non-hydrogen) atoms. The summed E-state index contributed by atoms with van der Waals surface area (Å²) in [6, 6.07) is 15.2. The van der Waals surface area contributed by atoms with Crippen LogP contribution in [0.5, 0.6) is 0 Å². The number of carbonyl (C=O) groups excluding carboxylic acids is 1. The van der Waals surface area contributed by atoms with Crippen molar-refractivity contribution in [3.63, 3.8) is 0 Å². The van der Waals surface area contributed by atoms with Gasteiger partial charge in [-0.15, -0.1) is 6.58 Å². The quantitative estimate of drug-likeness (QED) is 0.281. The van der Waals surface area contributed by atoms with E-state index in [-0.39, 0.29) is 16.1 Å². The summed E-state index contributed by atoms with van der Waals surface area (Å²) < 4.78 is 30.3. The van der Waals surface area contributed by atoms with Gasteiger partial charge in [0.1, 0.15) is 0 Å². The summed E-state index contributed by atoms with van der Waals surface area (Å²) in [5.41, 5.74) is 1.09. The van der Waals surface area contributed by atoms with Crippen molar-refractivity contribution in [1.82, 2.24) is 4.57 Å². The van der Waals surface area contributed by atoms with Crippen LogP contribution in [0, 0.1) is 0 Å². The van der Waals surface area contributed by atoms with Gasteiger partial charge in [0.05, 0.1) is 25.2 Å². The molecule has 1 aromatic heterocycles. The summed E-state index contributed by atoms with van der Waals surface area (Å²) in [4.78, 5) is 17.7. The minimum atomic E-state index is -3.87. The molecule has 0 aliphatic carbocycles. The van der Waals surface area contributed by atoms with Crippen molar-refractivity contribution in [3.05, 3.63) is 98.8 Å². The highest BCUT2D eigenvalue weighted by atomic mass is 35.5. The fourth-order valence-electron chi connectivity index (χ4n) is 3.19. The van der Waals surface area contributed by atoms with Crippen LogP contribution in [0.15, 0.2) is 83.2 Å². The minimum absolute atomic E-state index is 0.0443. The molecule has 0 bridgehead atoms. The first-order chi connectivity index (χ1) is 16.2. The molecular weight excluding hydrogens is 537 g/mol. The van der Waals surface area contributed by atoms with E-state index in [1.165, 1.54) is 41.7 Å². The van der Waals surface area contributed by atoms with Crippen molar-refractivity contribution in [2.24, 2.45) is 4.99 Å². The number of halogens is 3. The topological polar surface area (TPSA) is 80.5 Å². The van der Waals surface area contributed by atoms with Gasteiger partial charge in [0, 0.05) is 22.8 Å². The van der Waals surface area contributed by atoms with Gasteiger partial charge < -0.3 is 4.57 Å². The number of benzene rings is 3. The number of rotatable bonds is 6. The number of anilines is 1. The monoisotopic (exact) mass is 551 g/mol. The van der Waals surface area contributed by atoms with Crippen molar-refractivity contribution in [1.29, 1.82) is 0 Å². The van der Waals surface area contributed by atoms with Gasteiger partial charge in [-0.05, 0) is 54.6 Å². The lowest BCUT2D eigenvalue weighted by Crippen LogP contribution is -2.17. The molecule has 1 N–H and O–H groups in total. The molecule has 0 aliphatic rings. The number of nitrogens with zero attached hydrogens (tertiary/aromatic N) is 2. The predicted octanol–water partition coefficient (Wildman–Crippen LogP) is 6.39. The average Bonchev–Trinajstić information content (AvgIpc) is 3.16. The van der Waals surface area contributed by atoms with E-state index in [9.17, 15) is 13.2 Å². The Kier molecular flexibility index (Phi) is 7.16. The van der Waals surface area contributed by atoms with Gasteiger partial charge in [-0.1, -0.05) is 58.3 Å². The Morgan fingerprint density at radius 3 is 2.47 bits per heavy atom. The van der Waals surface area contributed by atoms with Gasteiger partial charge in [0.15, 0.2) is 4.80 Å². The zero-order valence-electron chi connectivity index (χ0n) is 17.3. The number of amides is 1. The highest BCUT2D eigenvalue weighted by molar-refractivity contribution is 7.92. The Labute approximate surface area is 214 Å². The molecule has 6 nitrogen and oxygen atoms in total. The number of sulfonamides is 1. The Morgan fingerprint density at radius 2 is 1.76 bits per heavy atom. The van der Waals surface area contributed by atoms with Crippen LogP contribution in [-0.2, 0) is 16.6 Å². The summed E-state index contributed by atoms with van der Waals surface area (Å²) in [5.74, 6) is -0.552. The van der Waals surface area contributed by atoms with Gasteiger partial charge in [-0.2, -0.15) is 4.99 Å². The summed E-state index contributed by atoms with van der Waals surface area (Å²) in [6.45, 7) is 4.13. The standard InChI is InChI=1S/C23H16Cl3N3O3S2/c1-2-12-29-20-18(25)10-11-19(26)21(20)33-23(29)27-22(30)14-4-3-5-16(13-14)28-34(31,32)17-8-6-15(24)7-9-17/h2-11,13,28H,1,12H2. The number of aromatic nitrogens is 1. The first-order valence-electron chi connectivity index (χ1n) is 9.75. The summed E-state index contributed by atoms with van der Waals surface area (Å²) in [7, 11) is -3.87. The zero-order valence-corrected chi connectivity index (χ0v) is 21.2. The predicted molar refractivity (Wildman–Crippen MR) is 139 cm³/mol. The van der Waals surface area contributed by atoms with Crippen LogP contribution in [-0.4, -0.2) is 18.9 Å². The molecule has 0 unspecified atom stereocenters. The number of hydrogen-bond donors (Lipinski definition) is 1. The maximum absolute atomic E-state index is 13.0. The molecule has 4 aromatic rings. The van der Waals surface area contributed by atoms with E-state index in [1.807, 2.05) is 0 Å². The maximum Gasteiger partial charge on any atom is 0.279 e. The van der Waals surface area contributed by atoms with Gasteiger partial charge in [-0.3, -0.25) is 9.52 Å². The van der Waals surface area contributed by atoms with Crippen LogP contribution in [0.2, 0.25) is 15.1 Å². The third-order valence-electron chi connectivity index (χ3n) is 4.72. The molecule has 0 spiro atoms. The van der Waals surface area contributed by atoms with Crippen LogP contribution in [0.3, 0.4) is 0 Å². The van der Waals surface area contributed by atoms with Crippen LogP contribution < -0.4 is 9.52 Å². The highest BCUT2D eigenvalue weighted by Gasteiger charge is 2.16. The maximum atomic E-state index is 13.0. The van der Waals surface area contributed by atoms with Crippen LogP contribution in [0.25, 0.3) is 10.2 Å². The number of thiazole rings is 1. The molecule has 0 saturated carbocycles. The smallest absolute Gasteiger partial charge is 0.279 e. The Morgan fingerprint density at radius 1 is 1.06 bits per heavy atom. The Bertz CT molecular complexity index is 1590. The van der Waals surface area contributed by atoms with Gasteiger partial charge in [-0.25, -0.2) is 8.42 Å². The number of hydrogen-bond acceptors (Lipinski definition) is 4. The average molecular weight is 553 g/mol. The largest absolute Gasteiger partial charge is 0.311 e. The molecule has 11 heteroatoms. The molecule has 4 rings (SSSR count). The molecular formula is C23H16Cl3N3O3S2. The van der Waals surface area contributed by atoms with E-state index < -0.39 is 15.9 Å². The van der Waals surface area contributed by atoms with Crippen LogP contribution in [0.4, 0.5) is 5.69 Å². The van der Waals surface area contributed by atoms with Crippen molar-refractivity contribution >= 4 is 78.0 Å². The second-order valence-electron chi connectivity index (χ2n) is 7.05. The minimum Gasteiger partial charge on any atom is -0.311 e. The zero-order chi connectivity index (χ0) is 24.5. The third kappa shape index (κ3) is 5.06. The summed E-state index contributed by atoms with van der Waals surface area (Å²) in [5, 5.41) is 1.39. The summed E-state index contributed by atoms with van der Waals surface area (Å²) in [6.07, 6.45) is 1.67. The van der Waals surface area contributed by atoms with E-state index in [4.69, 9.17) is 34.8 Å². The van der Waals surface area contributed by atoms with E-state index in [2.05, 4.69) is 16.3 Å². The molecule has 0 saturated heterocycles. The van der Waals surface area contributed by atoms with E-state index in [0.717, 1.165) is 0 Å². The van der Waals surface area contributed by atoms with E-state index in [1.54, 1.807) is 41.0 Å². The second kappa shape index (κ2) is 9.93. The van der Waals surface area contributed by atoms with E-state index >= 15 is 0 Å². The van der Waals surface area contributed by atoms with Crippen LogP contribution in [0.1, 0.15) is 10.4 Å². The first-order valence-corrected chi connectivity index (χ1v) is 13.2. The van der Waals surface area contributed by atoms with Crippen LogP contribution >= 0.6 is 46.1 Å². The lowest BCUT2D eigenvalue weighted by Gasteiger charge is -2.09. The molecule has 1 amide bonds. The SMILES string of the molecule is C=CCn1c(=NC(=O)c2cccc(NS(=O)(=O)c3ccc(Cl)cc3)c2)sc2c(Cl)ccc(Cl)c21. The number of nitrogens with one attached hydrogen (secondary N) is 1. The molecule has 1 heterocycles. The number of allylic oxidation sites excluding steroid dienone is 1. The van der Waals surface area contributed by atoms with Gasteiger partial charge in [0.25, 0.3) is 15.9 Å². The molecule has 0 aliphatic heterocycles. The van der Waals surface area contributed by atoms with Gasteiger partial charge in [0.2, 0.25) is 0 Å². The lowest BCUT2D eigenvalue weighted by molar-refractivity contribution is 0.0998. The number of fused-ring (bicyclic) bond motifs is 1. The second-order valence-corrected chi connectivity index (χ2v) is 11.0. The molecule has 174 valence electrons. The summed E-state index contributed by atoms with van der Waals surface area (Å²) >= 11 is 19.8.